The second-order valence-electron chi connectivity index (χ2n) is 18.9. The number of halogens is 5. The van der Waals surface area contributed by atoms with Crippen LogP contribution in [-0.2, 0) is 19.9 Å². The first kappa shape index (κ1) is 52.6. The summed E-state index contributed by atoms with van der Waals surface area (Å²) in [6.07, 6.45) is 2.18. The van der Waals surface area contributed by atoms with Crippen LogP contribution in [0.25, 0.3) is 0 Å². The van der Waals surface area contributed by atoms with Gasteiger partial charge in [0.2, 0.25) is 6.43 Å². The normalized spacial score (nSPS) is 18.7. The Morgan fingerprint density at radius 3 is 2.10 bits per heavy atom. The van der Waals surface area contributed by atoms with E-state index in [0.717, 1.165) is 87.8 Å². The Bertz CT molecular complexity index is 2370. The fraction of sp³-hybridized carbons (Fsp3) is 0.562. The maximum atomic E-state index is 14.2. The number of sulfone groups is 1. The van der Waals surface area contributed by atoms with Gasteiger partial charge >= 0.3 is 5.51 Å². The number of rotatable bonds is 20. The van der Waals surface area contributed by atoms with Crippen molar-refractivity contribution in [2.75, 3.05) is 81.4 Å². The molecule has 11 nitrogen and oxygen atoms in total. The molecule has 1 atom stereocenters. The van der Waals surface area contributed by atoms with Crippen molar-refractivity contribution >= 4 is 48.9 Å². The van der Waals surface area contributed by atoms with Gasteiger partial charge in [-0.05, 0) is 112 Å². The predicted molar refractivity (Wildman–Crippen MR) is 256 cm³/mol. The van der Waals surface area contributed by atoms with E-state index in [-0.39, 0.29) is 17.4 Å². The maximum absolute atomic E-state index is 14.2. The van der Waals surface area contributed by atoms with Crippen LogP contribution in [0.5, 0.6) is 0 Å². The number of nitrogens with zero attached hydrogens (tertiary/aromatic N) is 4. The minimum Gasteiger partial charge on any atom is -0.380 e. The molecule has 19 heteroatoms. The van der Waals surface area contributed by atoms with Gasteiger partial charge in [-0.2, -0.15) is 13.2 Å². The highest BCUT2D eigenvalue weighted by molar-refractivity contribution is 7.99. The summed E-state index contributed by atoms with van der Waals surface area (Å²) in [7, 11) is -10.9. The second kappa shape index (κ2) is 22.8. The lowest BCUT2D eigenvalue weighted by atomic mass is 9.73. The first-order valence-corrected chi connectivity index (χ1v) is 27.0. The van der Waals surface area contributed by atoms with E-state index in [4.69, 9.17) is 0 Å². The first-order valence-electron chi connectivity index (χ1n) is 23.1. The number of nitrogens with one attached hydrogen (secondary N) is 2. The van der Waals surface area contributed by atoms with Gasteiger partial charge in [-0.25, -0.2) is 30.3 Å². The predicted octanol–water partition coefficient (Wildman–Crippen LogP) is 9.15. The Morgan fingerprint density at radius 2 is 1.48 bits per heavy atom. The molecule has 6 rings (SSSR count). The van der Waals surface area contributed by atoms with Gasteiger partial charge < -0.3 is 15.1 Å². The van der Waals surface area contributed by atoms with Crippen LogP contribution < -0.4 is 14.9 Å². The van der Waals surface area contributed by atoms with Crippen molar-refractivity contribution in [1.82, 2.24) is 19.4 Å². The zero-order chi connectivity index (χ0) is 48.6. The number of benzene rings is 3. The number of amides is 1. The summed E-state index contributed by atoms with van der Waals surface area (Å²) in [5.74, 6) is -0.668. The van der Waals surface area contributed by atoms with E-state index >= 15 is 0 Å². The molecule has 0 spiro atoms. The number of anilines is 2. The highest BCUT2D eigenvalue weighted by Crippen LogP contribution is 2.41. The molecule has 0 bridgehead atoms. The van der Waals surface area contributed by atoms with Crippen LogP contribution in [0.15, 0.2) is 98.6 Å². The number of thioether (sulfide) groups is 1. The van der Waals surface area contributed by atoms with E-state index < -0.39 is 59.2 Å². The summed E-state index contributed by atoms with van der Waals surface area (Å²) < 4.78 is 124. The highest BCUT2D eigenvalue weighted by Gasteiger charge is 2.48. The van der Waals surface area contributed by atoms with Crippen molar-refractivity contribution in [1.29, 1.82) is 0 Å². The number of alkyl halides is 5. The van der Waals surface area contributed by atoms with Crippen molar-refractivity contribution in [3.8, 4) is 0 Å². The Labute approximate surface area is 397 Å². The van der Waals surface area contributed by atoms with Gasteiger partial charge in [-0.15, -0.1) is 11.8 Å². The minimum absolute atomic E-state index is 0.0247. The molecule has 2 aliphatic heterocycles. The number of carbonyl (C=O) groups is 1. The van der Waals surface area contributed by atoms with Crippen LogP contribution in [0.1, 0.15) is 83.0 Å². The molecule has 2 fully saturated rings. The van der Waals surface area contributed by atoms with Crippen LogP contribution in [0.2, 0.25) is 0 Å². The number of sulfonamides is 1. The zero-order valence-corrected chi connectivity index (χ0v) is 41.3. The van der Waals surface area contributed by atoms with Crippen molar-refractivity contribution < 1.29 is 43.6 Å². The molecule has 3 aliphatic rings. The third-order valence-corrected chi connectivity index (χ3v) is 17.1. The lowest BCUT2D eigenvalue weighted by Crippen LogP contribution is -2.49. The van der Waals surface area contributed by atoms with E-state index in [9.17, 15) is 43.6 Å². The van der Waals surface area contributed by atoms with Crippen LogP contribution in [0.4, 0.5) is 33.3 Å². The van der Waals surface area contributed by atoms with Crippen LogP contribution in [0.3, 0.4) is 0 Å². The molecule has 370 valence electrons. The molecule has 2 N–H and O–H groups in total. The summed E-state index contributed by atoms with van der Waals surface area (Å²) in [6, 6.07) is 18.0. The average Bonchev–Trinajstić information content (AvgIpc) is 3.28. The Morgan fingerprint density at radius 1 is 0.821 bits per heavy atom. The van der Waals surface area contributed by atoms with Crippen molar-refractivity contribution in [3.63, 3.8) is 0 Å². The monoisotopic (exact) mass is 996 g/mol. The third-order valence-electron chi connectivity index (χ3n) is 13.0. The molecule has 1 unspecified atom stereocenters. The highest BCUT2D eigenvalue weighted by atomic mass is 32.2. The fourth-order valence-corrected chi connectivity index (χ4v) is 12.0. The average molecular weight is 997 g/mol. The van der Waals surface area contributed by atoms with Gasteiger partial charge in [0.1, 0.15) is 4.90 Å². The smallest absolute Gasteiger partial charge is 0.380 e. The van der Waals surface area contributed by atoms with Gasteiger partial charge in [0.15, 0.2) is 0 Å². The van der Waals surface area contributed by atoms with E-state index in [1.807, 2.05) is 35.1 Å². The van der Waals surface area contributed by atoms with Gasteiger partial charge in [-0.1, -0.05) is 43.2 Å². The molecule has 1 amide bonds. The van der Waals surface area contributed by atoms with Crippen LogP contribution >= 0.6 is 11.8 Å². The van der Waals surface area contributed by atoms with E-state index in [1.165, 1.54) is 35.0 Å². The quantitative estimate of drug-likeness (QED) is 0.0641. The van der Waals surface area contributed by atoms with E-state index in [1.54, 1.807) is 12.1 Å². The van der Waals surface area contributed by atoms with Gasteiger partial charge in [0.05, 0.1) is 10.6 Å². The van der Waals surface area contributed by atoms with Gasteiger partial charge in [0.25, 0.3) is 25.8 Å². The summed E-state index contributed by atoms with van der Waals surface area (Å²) in [5.41, 5.74) is -2.54. The molecule has 2 saturated heterocycles. The largest absolute Gasteiger partial charge is 0.501 e. The topological polar surface area (TPSA) is 122 Å². The maximum Gasteiger partial charge on any atom is 0.501 e. The second-order valence-corrected chi connectivity index (χ2v) is 23.6. The summed E-state index contributed by atoms with van der Waals surface area (Å²) in [6.45, 7) is 16.4. The lowest BCUT2D eigenvalue weighted by Gasteiger charge is -2.39. The summed E-state index contributed by atoms with van der Waals surface area (Å²) in [5, 5.41) is 3.03. The molecular weight excluding hydrogens is 932 g/mol. The fourth-order valence-electron chi connectivity index (χ4n) is 8.99. The molecule has 0 saturated carbocycles. The molecule has 1 aliphatic carbocycles. The van der Waals surface area contributed by atoms with Gasteiger partial charge in [-0.3, -0.25) is 14.6 Å². The Kier molecular flexibility index (Phi) is 17.9. The number of hydrogen-bond acceptors (Lipinski definition) is 11. The summed E-state index contributed by atoms with van der Waals surface area (Å²) in [4.78, 5) is 21.3. The molecule has 0 radical (unpaired) electrons. The standard InChI is InChI=1S/C48H65F5N6O5S3/c1-35(2)58-27-23-56(24-28-58)22-20-39(34-65-41-10-6-5-7-11-41)54-43-18-17-42(31-44(43)66(61,62)48(51,52)53)67(63,64)55-46(60)36-13-15-40(16-14-36)59-29-25-57(26-30-59)33-38-19-21-47(3,4)32-37(38)9-8-12-45(49)50/h5-7,10-11,13-18,31,35,39,45,54H,8-9,12,19-30,32-34H2,1-4H3,(H,55,60). The zero-order valence-electron chi connectivity index (χ0n) is 38.8. The minimum atomic E-state index is -6.07. The SMILES string of the molecule is CC(C)N1CCN(CCC(CSc2ccccc2)Nc2ccc(S(=O)(=O)NC(=O)c3ccc(N4CCN(CC5=C(CCCC(F)F)CC(C)(C)CC5)CC4)cc3)cc2S(=O)(=O)C(F)(F)F)CC1. The van der Waals surface area contributed by atoms with Crippen molar-refractivity contribution in [2.24, 2.45) is 5.41 Å². The summed E-state index contributed by atoms with van der Waals surface area (Å²) >= 11 is 1.46. The molecule has 0 aromatic heterocycles. The Balaban J connectivity index is 1.12. The Hall–Kier alpha value is -3.75. The molecule has 3 aromatic rings. The van der Waals surface area contributed by atoms with Crippen molar-refractivity contribution in [2.45, 2.75) is 111 Å². The lowest BCUT2D eigenvalue weighted by molar-refractivity contribution is -0.0436. The molecular formula is C48H65F5N6O5S3. The number of piperazine rings is 2. The molecule has 67 heavy (non-hydrogen) atoms. The molecule has 3 aromatic carbocycles. The van der Waals surface area contributed by atoms with E-state index in [0.29, 0.717) is 56.8 Å². The van der Waals surface area contributed by atoms with Crippen molar-refractivity contribution in [3.05, 3.63) is 89.5 Å². The van der Waals surface area contributed by atoms with Gasteiger partial charge in [0, 0.05) is 106 Å². The number of allylic oxidation sites excluding steroid dienone is 1. The number of carbonyl (C=O) groups excluding carboxylic acids is 1. The number of hydrogen-bond donors (Lipinski definition) is 2. The molecule has 2 heterocycles. The first-order chi connectivity index (χ1) is 31.6. The van der Waals surface area contributed by atoms with Crippen LogP contribution in [-0.4, -0.2) is 133 Å². The van der Waals surface area contributed by atoms with E-state index in [2.05, 4.69) is 52.6 Å². The third kappa shape index (κ3) is 14.6. The van der Waals surface area contributed by atoms with Crippen LogP contribution in [0, 0.1) is 5.41 Å².